The molecule has 4 heteroatoms. The molecule has 1 aliphatic heterocycles. The first-order valence-electron chi connectivity index (χ1n) is 8.42. The van der Waals surface area contributed by atoms with Gasteiger partial charge in [0.2, 0.25) is 0 Å². The first-order chi connectivity index (χ1) is 12.2. The molecule has 0 spiro atoms. The highest BCUT2D eigenvalue weighted by atomic mass is 16.5. The van der Waals surface area contributed by atoms with E-state index in [-0.39, 0.29) is 12.5 Å². The monoisotopic (exact) mass is 333 g/mol. The Morgan fingerprint density at radius 3 is 2.88 bits per heavy atom. The van der Waals surface area contributed by atoms with Crippen LogP contribution in [0.3, 0.4) is 0 Å². The van der Waals surface area contributed by atoms with E-state index >= 15 is 0 Å². The standard InChI is InChI=1S/C21H19NO3/c23-19(15-8-9-20-16(12-15)10-11-25-20)13-22-21(24)18-7-3-5-14-4-1-2-6-17(14)18/h1-9,12,19,23H,10-11,13H2,(H,22,24)/t19-/m1/s1. The molecule has 0 fully saturated rings. The molecule has 1 atom stereocenters. The summed E-state index contributed by atoms with van der Waals surface area (Å²) in [7, 11) is 0. The number of hydrogen-bond donors (Lipinski definition) is 2. The Bertz CT molecular complexity index is 930. The van der Waals surface area contributed by atoms with Gasteiger partial charge in [-0.1, -0.05) is 42.5 Å². The zero-order valence-electron chi connectivity index (χ0n) is 13.7. The van der Waals surface area contributed by atoms with Gasteiger partial charge in [0, 0.05) is 18.5 Å². The number of ether oxygens (including phenoxy) is 1. The Morgan fingerprint density at radius 1 is 1.12 bits per heavy atom. The molecule has 4 rings (SSSR count). The van der Waals surface area contributed by atoms with Gasteiger partial charge in [0.05, 0.1) is 12.7 Å². The molecule has 126 valence electrons. The molecule has 1 aliphatic rings. The number of hydrogen-bond acceptors (Lipinski definition) is 3. The van der Waals surface area contributed by atoms with Crippen molar-refractivity contribution < 1.29 is 14.6 Å². The van der Waals surface area contributed by atoms with Gasteiger partial charge in [-0.25, -0.2) is 0 Å². The summed E-state index contributed by atoms with van der Waals surface area (Å²) in [4.78, 5) is 12.5. The SMILES string of the molecule is O=C(NC[C@@H](O)c1ccc2c(c1)CCO2)c1cccc2ccccc12. The second kappa shape index (κ2) is 6.57. The molecule has 3 aromatic carbocycles. The summed E-state index contributed by atoms with van der Waals surface area (Å²) in [5.74, 6) is 0.705. The highest BCUT2D eigenvalue weighted by Crippen LogP contribution is 2.28. The van der Waals surface area contributed by atoms with Crippen molar-refractivity contribution in [3.63, 3.8) is 0 Å². The number of benzene rings is 3. The topological polar surface area (TPSA) is 58.6 Å². The molecule has 4 nitrogen and oxygen atoms in total. The van der Waals surface area contributed by atoms with Crippen LogP contribution >= 0.6 is 0 Å². The smallest absolute Gasteiger partial charge is 0.252 e. The summed E-state index contributed by atoms with van der Waals surface area (Å²) < 4.78 is 5.48. The lowest BCUT2D eigenvalue weighted by Crippen LogP contribution is -2.28. The number of carbonyl (C=O) groups excluding carboxylic acids is 1. The van der Waals surface area contributed by atoms with Gasteiger partial charge in [-0.2, -0.15) is 0 Å². The molecule has 2 N–H and O–H groups in total. The third-order valence-electron chi connectivity index (χ3n) is 4.59. The molecule has 0 saturated heterocycles. The quantitative estimate of drug-likeness (QED) is 0.771. The molecule has 1 heterocycles. The van der Waals surface area contributed by atoms with Crippen molar-refractivity contribution in [3.8, 4) is 5.75 Å². The number of carbonyl (C=O) groups is 1. The lowest BCUT2D eigenvalue weighted by atomic mass is 10.0. The number of aliphatic hydroxyl groups is 1. The minimum Gasteiger partial charge on any atom is -0.493 e. The van der Waals surface area contributed by atoms with Gasteiger partial charge in [0.15, 0.2) is 0 Å². The molecule has 3 aromatic rings. The van der Waals surface area contributed by atoms with E-state index in [0.717, 1.165) is 34.1 Å². The second-order valence-corrected chi connectivity index (χ2v) is 6.22. The summed E-state index contributed by atoms with van der Waals surface area (Å²) in [6, 6.07) is 19.1. The van der Waals surface area contributed by atoms with Crippen molar-refractivity contribution in [1.29, 1.82) is 0 Å². The van der Waals surface area contributed by atoms with Crippen LogP contribution in [0.1, 0.15) is 27.6 Å². The van der Waals surface area contributed by atoms with Gasteiger partial charge in [0.1, 0.15) is 5.75 Å². The van der Waals surface area contributed by atoms with Crippen molar-refractivity contribution in [2.45, 2.75) is 12.5 Å². The number of amides is 1. The first-order valence-corrected chi connectivity index (χ1v) is 8.42. The van der Waals surface area contributed by atoms with E-state index in [9.17, 15) is 9.90 Å². The van der Waals surface area contributed by atoms with E-state index in [1.807, 2.05) is 54.6 Å². The van der Waals surface area contributed by atoms with Gasteiger partial charge in [0.25, 0.3) is 5.91 Å². The third-order valence-corrected chi connectivity index (χ3v) is 4.59. The van der Waals surface area contributed by atoms with Gasteiger partial charge in [-0.05, 0) is 40.1 Å². The van der Waals surface area contributed by atoms with Crippen molar-refractivity contribution >= 4 is 16.7 Å². The van der Waals surface area contributed by atoms with E-state index < -0.39 is 6.10 Å². The van der Waals surface area contributed by atoms with E-state index in [1.165, 1.54) is 0 Å². The van der Waals surface area contributed by atoms with E-state index in [0.29, 0.717) is 12.2 Å². The molecule has 0 aromatic heterocycles. The van der Waals surface area contributed by atoms with E-state index in [1.54, 1.807) is 6.07 Å². The summed E-state index contributed by atoms with van der Waals surface area (Å²) in [5, 5.41) is 15.2. The highest BCUT2D eigenvalue weighted by Gasteiger charge is 2.17. The molecule has 25 heavy (non-hydrogen) atoms. The Kier molecular flexibility index (Phi) is 4.12. The van der Waals surface area contributed by atoms with E-state index in [2.05, 4.69) is 5.32 Å². The van der Waals surface area contributed by atoms with Crippen LogP contribution in [0.25, 0.3) is 10.8 Å². The normalized spacial score (nSPS) is 14.0. The predicted molar refractivity (Wildman–Crippen MR) is 96.9 cm³/mol. The Balaban J connectivity index is 1.48. The largest absolute Gasteiger partial charge is 0.493 e. The molecule has 0 unspecified atom stereocenters. The Labute approximate surface area is 146 Å². The maximum absolute atomic E-state index is 12.5. The molecular formula is C21H19NO3. The summed E-state index contributed by atoms with van der Waals surface area (Å²) in [5.41, 5.74) is 2.52. The van der Waals surface area contributed by atoms with Crippen molar-refractivity contribution in [1.82, 2.24) is 5.32 Å². The maximum Gasteiger partial charge on any atom is 0.252 e. The van der Waals surface area contributed by atoms with Gasteiger partial charge in [-0.3, -0.25) is 4.79 Å². The number of nitrogens with one attached hydrogen (secondary N) is 1. The lowest BCUT2D eigenvalue weighted by molar-refractivity contribution is 0.0918. The average Bonchev–Trinajstić information content (AvgIpc) is 3.13. The van der Waals surface area contributed by atoms with Crippen LogP contribution in [0, 0.1) is 0 Å². The molecule has 0 bridgehead atoms. The third kappa shape index (κ3) is 3.08. The summed E-state index contributed by atoms with van der Waals surface area (Å²) in [6.45, 7) is 0.856. The molecule has 0 radical (unpaired) electrons. The fourth-order valence-electron chi connectivity index (χ4n) is 3.24. The van der Waals surface area contributed by atoms with Crippen LogP contribution in [0.15, 0.2) is 60.7 Å². The van der Waals surface area contributed by atoms with Gasteiger partial charge in [-0.15, -0.1) is 0 Å². The van der Waals surface area contributed by atoms with Crippen molar-refractivity contribution in [3.05, 3.63) is 77.4 Å². The average molecular weight is 333 g/mol. The molecule has 0 saturated carbocycles. The molecule has 0 aliphatic carbocycles. The zero-order valence-corrected chi connectivity index (χ0v) is 13.7. The first kappa shape index (κ1) is 15.7. The van der Waals surface area contributed by atoms with Crippen LogP contribution in [0.2, 0.25) is 0 Å². The second-order valence-electron chi connectivity index (χ2n) is 6.22. The predicted octanol–water partition coefficient (Wildman–Crippen LogP) is 3.24. The maximum atomic E-state index is 12.5. The number of fused-ring (bicyclic) bond motifs is 2. The fourth-order valence-corrected chi connectivity index (χ4v) is 3.24. The summed E-state index contributed by atoms with van der Waals surface area (Å²) in [6.07, 6.45) is 0.114. The lowest BCUT2D eigenvalue weighted by Gasteiger charge is -2.14. The molecular weight excluding hydrogens is 314 g/mol. The number of rotatable bonds is 4. The zero-order chi connectivity index (χ0) is 17.2. The Morgan fingerprint density at radius 2 is 1.96 bits per heavy atom. The van der Waals surface area contributed by atoms with E-state index in [4.69, 9.17) is 4.74 Å². The van der Waals surface area contributed by atoms with Crippen LogP contribution in [0.4, 0.5) is 0 Å². The minimum atomic E-state index is -0.746. The fraction of sp³-hybridized carbons (Fsp3) is 0.190. The van der Waals surface area contributed by atoms with Crippen LogP contribution < -0.4 is 10.1 Å². The van der Waals surface area contributed by atoms with Gasteiger partial charge < -0.3 is 15.2 Å². The summed E-state index contributed by atoms with van der Waals surface area (Å²) >= 11 is 0. The van der Waals surface area contributed by atoms with Crippen LogP contribution in [-0.4, -0.2) is 24.2 Å². The van der Waals surface area contributed by atoms with Crippen LogP contribution in [-0.2, 0) is 6.42 Å². The highest BCUT2D eigenvalue weighted by molar-refractivity contribution is 6.07. The van der Waals surface area contributed by atoms with Crippen molar-refractivity contribution in [2.24, 2.45) is 0 Å². The Hall–Kier alpha value is -2.85. The van der Waals surface area contributed by atoms with Crippen molar-refractivity contribution in [2.75, 3.05) is 13.2 Å². The van der Waals surface area contributed by atoms with Crippen LogP contribution in [0.5, 0.6) is 5.75 Å². The van der Waals surface area contributed by atoms with Gasteiger partial charge >= 0.3 is 0 Å². The number of aliphatic hydroxyl groups excluding tert-OH is 1. The minimum absolute atomic E-state index is 0.168. The molecule has 1 amide bonds.